The molecule has 5 nitrogen and oxygen atoms in total. The van der Waals surface area contributed by atoms with Gasteiger partial charge >= 0.3 is 0 Å². The zero-order chi connectivity index (χ0) is 14.6. The molecule has 1 aromatic heterocycles. The predicted molar refractivity (Wildman–Crippen MR) is 81.2 cm³/mol. The lowest BCUT2D eigenvalue weighted by Gasteiger charge is -2.39. The molecule has 0 bridgehead atoms. The molecular weight excluding hydrogens is 252 g/mol. The van der Waals surface area contributed by atoms with Gasteiger partial charge in [-0.2, -0.15) is 4.98 Å². The van der Waals surface area contributed by atoms with Gasteiger partial charge in [-0.3, -0.25) is 0 Å². The average molecular weight is 278 g/mol. The summed E-state index contributed by atoms with van der Waals surface area (Å²) in [5.41, 5.74) is 1.22. The third kappa shape index (κ3) is 3.82. The van der Waals surface area contributed by atoms with Crippen LogP contribution in [-0.4, -0.2) is 35.7 Å². The van der Waals surface area contributed by atoms with E-state index in [0.717, 1.165) is 18.8 Å². The molecule has 0 spiro atoms. The van der Waals surface area contributed by atoms with Gasteiger partial charge in [-0.15, -0.1) is 0 Å². The van der Waals surface area contributed by atoms with Gasteiger partial charge in [0, 0.05) is 24.3 Å². The molecule has 2 N–H and O–H groups in total. The van der Waals surface area contributed by atoms with Crippen LogP contribution in [0.25, 0.3) is 0 Å². The summed E-state index contributed by atoms with van der Waals surface area (Å²) in [5, 5.41) is 6.93. The van der Waals surface area contributed by atoms with Crippen LogP contribution in [0, 0.1) is 12.3 Å². The number of aromatic nitrogens is 2. The van der Waals surface area contributed by atoms with Crippen LogP contribution in [-0.2, 0) is 0 Å². The number of nitrogens with zero attached hydrogens (tertiary/aromatic N) is 2. The lowest BCUT2D eigenvalue weighted by Crippen LogP contribution is -2.50. The highest BCUT2D eigenvalue weighted by molar-refractivity contribution is 5.31. The molecule has 1 saturated heterocycles. The summed E-state index contributed by atoms with van der Waals surface area (Å²) in [6, 6.07) is 2.30. The first-order valence-corrected chi connectivity index (χ1v) is 7.47. The molecule has 0 saturated carbocycles. The number of hydrogen-bond donors (Lipinski definition) is 2. The number of aryl methyl sites for hydroxylation is 1. The van der Waals surface area contributed by atoms with Crippen molar-refractivity contribution in [2.75, 3.05) is 25.0 Å². The molecule has 0 aliphatic carbocycles. The molecule has 0 aromatic carbocycles. The lowest BCUT2D eigenvalue weighted by molar-refractivity contribution is 0.188. The molecule has 1 fully saturated rings. The molecule has 2 heterocycles. The summed E-state index contributed by atoms with van der Waals surface area (Å²) in [5.74, 6) is 1.29. The monoisotopic (exact) mass is 278 g/mol. The predicted octanol–water partition coefficient (Wildman–Crippen LogP) is 2.37. The van der Waals surface area contributed by atoms with Gasteiger partial charge in [0.25, 0.3) is 0 Å². The second-order valence-corrected chi connectivity index (χ2v) is 6.08. The van der Waals surface area contributed by atoms with Crippen molar-refractivity contribution < 1.29 is 4.74 Å². The molecule has 1 atom stereocenters. The first kappa shape index (κ1) is 15.0. The second-order valence-electron chi connectivity index (χ2n) is 6.08. The minimum absolute atomic E-state index is 0.303. The number of ether oxygens (including phenoxy) is 1. The van der Waals surface area contributed by atoms with Gasteiger partial charge in [-0.1, -0.05) is 13.8 Å². The molecule has 0 amide bonds. The van der Waals surface area contributed by atoms with E-state index in [9.17, 15) is 0 Å². The van der Waals surface area contributed by atoms with Gasteiger partial charge in [0.2, 0.25) is 11.8 Å². The number of piperidine rings is 1. The molecule has 1 aliphatic heterocycles. The van der Waals surface area contributed by atoms with Gasteiger partial charge in [-0.05, 0) is 38.6 Å². The van der Waals surface area contributed by atoms with Crippen LogP contribution in [0.2, 0.25) is 0 Å². The largest absolute Gasteiger partial charge is 0.478 e. The van der Waals surface area contributed by atoms with Gasteiger partial charge < -0.3 is 15.4 Å². The topological polar surface area (TPSA) is 59.1 Å². The third-order valence-corrected chi connectivity index (χ3v) is 3.92. The second kappa shape index (κ2) is 6.39. The Bertz CT molecular complexity index is 447. The Labute approximate surface area is 121 Å². The van der Waals surface area contributed by atoms with Gasteiger partial charge in [0.05, 0.1) is 6.61 Å². The smallest absolute Gasteiger partial charge is 0.226 e. The molecule has 1 unspecified atom stereocenters. The Morgan fingerprint density at radius 2 is 2.25 bits per heavy atom. The average Bonchev–Trinajstić information content (AvgIpc) is 2.37. The molecule has 0 radical (unpaired) electrons. The quantitative estimate of drug-likeness (QED) is 0.866. The van der Waals surface area contributed by atoms with Crippen molar-refractivity contribution >= 4 is 5.95 Å². The van der Waals surface area contributed by atoms with Crippen LogP contribution in [0.3, 0.4) is 0 Å². The highest BCUT2D eigenvalue weighted by Crippen LogP contribution is 2.30. The van der Waals surface area contributed by atoms with Crippen molar-refractivity contribution in [3.63, 3.8) is 0 Å². The Balaban J connectivity index is 1.99. The summed E-state index contributed by atoms with van der Waals surface area (Å²) in [7, 11) is 0. The van der Waals surface area contributed by atoms with E-state index >= 15 is 0 Å². The summed E-state index contributed by atoms with van der Waals surface area (Å²) in [6.45, 7) is 11.1. The van der Waals surface area contributed by atoms with Crippen LogP contribution >= 0.6 is 0 Å². The van der Waals surface area contributed by atoms with Crippen LogP contribution in [0.1, 0.15) is 39.3 Å². The summed E-state index contributed by atoms with van der Waals surface area (Å²) in [4.78, 5) is 8.80. The van der Waals surface area contributed by atoms with Gasteiger partial charge in [-0.25, -0.2) is 4.98 Å². The van der Waals surface area contributed by atoms with Gasteiger partial charge in [0.15, 0.2) is 0 Å². The van der Waals surface area contributed by atoms with E-state index in [1.807, 2.05) is 19.9 Å². The van der Waals surface area contributed by atoms with E-state index < -0.39 is 0 Å². The SMILES string of the molecule is CCOc1cc(C)nc(NCC2NCCCC2(C)C)n1. The number of nitrogens with one attached hydrogen (secondary N) is 2. The highest BCUT2D eigenvalue weighted by Gasteiger charge is 2.31. The number of anilines is 1. The van der Waals surface area contributed by atoms with E-state index in [4.69, 9.17) is 4.74 Å². The van der Waals surface area contributed by atoms with Crippen LogP contribution in [0.15, 0.2) is 6.07 Å². The Morgan fingerprint density at radius 3 is 2.95 bits per heavy atom. The van der Waals surface area contributed by atoms with E-state index in [1.165, 1.54) is 12.8 Å². The fourth-order valence-electron chi connectivity index (χ4n) is 2.65. The molecule has 5 heteroatoms. The summed E-state index contributed by atoms with van der Waals surface area (Å²) >= 11 is 0. The minimum atomic E-state index is 0.303. The zero-order valence-corrected chi connectivity index (χ0v) is 13.0. The Morgan fingerprint density at radius 1 is 1.45 bits per heavy atom. The first-order valence-electron chi connectivity index (χ1n) is 7.47. The minimum Gasteiger partial charge on any atom is -0.478 e. The van der Waals surface area contributed by atoms with E-state index in [2.05, 4.69) is 34.4 Å². The van der Waals surface area contributed by atoms with E-state index in [-0.39, 0.29) is 0 Å². The Hall–Kier alpha value is -1.36. The maximum atomic E-state index is 5.45. The van der Waals surface area contributed by atoms with Crippen LogP contribution < -0.4 is 15.4 Å². The lowest BCUT2D eigenvalue weighted by atomic mass is 9.77. The van der Waals surface area contributed by atoms with Crippen molar-refractivity contribution in [2.45, 2.75) is 46.6 Å². The third-order valence-electron chi connectivity index (χ3n) is 3.92. The fraction of sp³-hybridized carbons (Fsp3) is 0.733. The molecule has 1 aromatic rings. The maximum Gasteiger partial charge on any atom is 0.226 e. The van der Waals surface area contributed by atoms with E-state index in [1.54, 1.807) is 0 Å². The molecular formula is C15H26N4O. The molecule has 2 rings (SSSR count). The molecule has 20 heavy (non-hydrogen) atoms. The van der Waals surface area contributed by atoms with Crippen LogP contribution in [0.5, 0.6) is 5.88 Å². The molecule has 112 valence electrons. The number of rotatable bonds is 5. The summed E-state index contributed by atoms with van der Waals surface area (Å²) in [6.07, 6.45) is 2.50. The Kier molecular flexibility index (Phi) is 4.81. The number of hydrogen-bond acceptors (Lipinski definition) is 5. The van der Waals surface area contributed by atoms with Gasteiger partial charge in [0.1, 0.15) is 0 Å². The normalized spacial score (nSPS) is 21.5. The fourth-order valence-corrected chi connectivity index (χ4v) is 2.65. The standard InChI is InChI=1S/C15H26N4O/c1-5-20-13-9-11(2)18-14(19-13)17-10-12-15(3,4)7-6-8-16-12/h9,12,16H,5-8,10H2,1-4H3,(H,17,18,19). The zero-order valence-electron chi connectivity index (χ0n) is 13.0. The van der Waals surface area contributed by atoms with Crippen molar-refractivity contribution in [2.24, 2.45) is 5.41 Å². The highest BCUT2D eigenvalue weighted by atomic mass is 16.5. The van der Waals surface area contributed by atoms with Crippen molar-refractivity contribution in [1.82, 2.24) is 15.3 Å². The van der Waals surface area contributed by atoms with E-state index in [0.29, 0.717) is 29.9 Å². The van der Waals surface area contributed by atoms with Crippen molar-refractivity contribution in [3.05, 3.63) is 11.8 Å². The van der Waals surface area contributed by atoms with Crippen molar-refractivity contribution in [1.29, 1.82) is 0 Å². The van der Waals surface area contributed by atoms with Crippen LogP contribution in [0.4, 0.5) is 5.95 Å². The first-order chi connectivity index (χ1) is 9.51. The van der Waals surface area contributed by atoms with Crippen molar-refractivity contribution in [3.8, 4) is 5.88 Å². The maximum absolute atomic E-state index is 5.45. The summed E-state index contributed by atoms with van der Waals surface area (Å²) < 4.78 is 5.45. The molecule has 1 aliphatic rings.